The van der Waals surface area contributed by atoms with E-state index in [4.69, 9.17) is 4.74 Å². The van der Waals surface area contributed by atoms with E-state index >= 15 is 0 Å². The molecule has 0 saturated carbocycles. The minimum atomic E-state index is -0.340. The van der Waals surface area contributed by atoms with E-state index in [0.29, 0.717) is 5.75 Å². The average Bonchev–Trinajstić information content (AvgIpc) is 2.17. The standard InChI is InChI=1S/C12H10O3/c1-8(13)15-12-5-3-9-6-11(14)4-2-10(9)7-12/h2-7,14H,1H3. The Hall–Kier alpha value is -2.03. The molecule has 0 aliphatic carbocycles. The van der Waals surface area contributed by atoms with Crippen LogP contribution in [0.2, 0.25) is 0 Å². The summed E-state index contributed by atoms with van der Waals surface area (Å²) in [6, 6.07) is 10.3. The van der Waals surface area contributed by atoms with E-state index in [2.05, 4.69) is 0 Å². The van der Waals surface area contributed by atoms with Gasteiger partial charge in [0.05, 0.1) is 0 Å². The predicted molar refractivity (Wildman–Crippen MR) is 56.9 cm³/mol. The summed E-state index contributed by atoms with van der Waals surface area (Å²) in [6.45, 7) is 1.36. The van der Waals surface area contributed by atoms with Gasteiger partial charge in [0.1, 0.15) is 11.5 Å². The lowest BCUT2D eigenvalue weighted by atomic mass is 10.1. The van der Waals surface area contributed by atoms with Gasteiger partial charge in [0.15, 0.2) is 0 Å². The molecule has 0 fully saturated rings. The Kier molecular flexibility index (Phi) is 2.29. The molecule has 2 aromatic rings. The number of phenolic OH excluding ortho intramolecular Hbond substituents is 1. The minimum absolute atomic E-state index is 0.225. The van der Waals surface area contributed by atoms with E-state index in [9.17, 15) is 9.90 Å². The molecule has 15 heavy (non-hydrogen) atoms. The molecule has 3 heteroatoms. The van der Waals surface area contributed by atoms with Gasteiger partial charge in [-0.25, -0.2) is 0 Å². The van der Waals surface area contributed by atoms with Crippen LogP contribution in [0.25, 0.3) is 10.8 Å². The second kappa shape index (κ2) is 3.61. The second-order valence-electron chi connectivity index (χ2n) is 3.29. The van der Waals surface area contributed by atoms with E-state index < -0.39 is 0 Å². The summed E-state index contributed by atoms with van der Waals surface area (Å²) in [5, 5.41) is 11.1. The van der Waals surface area contributed by atoms with Gasteiger partial charge in [-0.2, -0.15) is 0 Å². The van der Waals surface area contributed by atoms with Crippen LogP contribution in [0, 0.1) is 0 Å². The van der Waals surface area contributed by atoms with Crippen LogP contribution in [0.5, 0.6) is 11.5 Å². The molecule has 3 nitrogen and oxygen atoms in total. The molecule has 76 valence electrons. The topological polar surface area (TPSA) is 46.5 Å². The minimum Gasteiger partial charge on any atom is -0.508 e. The number of hydrogen-bond donors (Lipinski definition) is 1. The quantitative estimate of drug-likeness (QED) is 0.570. The average molecular weight is 202 g/mol. The Morgan fingerprint density at radius 2 is 1.80 bits per heavy atom. The molecule has 0 atom stereocenters. The van der Waals surface area contributed by atoms with Crippen LogP contribution in [-0.4, -0.2) is 11.1 Å². The highest BCUT2D eigenvalue weighted by Crippen LogP contribution is 2.24. The van der Waals surface area contributed by atoms with Gasteiger partial charge in [0.25, 0.3) is 0 Å². The van der Waals surface area contributed by atoms with Crippen molar-refractivity contribution in [2.45, 2.75) is 6.92 Å². The maximum absolute atomic E-state index is 10.7. The van der Waals surface area contributed by atoms with E-state index in [1.807, 2.05) is 0 Å². The number of ether oxygens (including phenoxy) is 1. The van der Waals surface area contributed by atoms with Crippen molar-refractivity contribution in [3.05, 3.63) is 36.4 Å². The molecule has 0 aromatic heterocycles. The first-order chi connectivity index (χ1) is 7.15. The number of phenols is 1. The zero-order chi connectivity index (χ0) is 10.8. The molecule has 0 amide bonds. The summed E-state index contributed by atoms with van der Waals surface area (Å²) >= 11 is 0. The number of hydrogen-bond acceptors (Lipinski definition) is 3. The summed E-state index contributed by atoms with van der Waals surface area (Å²) in [6.07, 6.45) is 0. The fourth-order valence-corrected chi connectivity index (χ4v) is 1.44. The second-order valence-corrected chi connectivity index (χ2v) is 3.29. The van der Waals surface area contributed by atoms with Gasteiger partial charge in [-0.15, -0.1) is 0 Å². The molecular formula is C12H10O3. The van der Waals surface area contributed by atoms with E-state index in [1.54, 1.807) is 36.4 Å². The van der Waals surface area contributed by atoms with E-state index in [-0.39, 0.29) is 11.7 Å². The number of fused-ring (bicyclic) bond motifs is 1. The lowest BCUT2D eigenvalue weighted by Gasteiger charge is -2.03. The number of carbonyl (C=O) groups is 1. The van der Waals surface area contributed by atoms with Crippen molar-refractivity contribution < 1.29 is 14.6 Å². The van der Waals surface area contributed by atoms with Gasteiger partial charge in [0.2, 0.25) is 0 Å². The maximum atomic E-state index is 10.7. The summed E-state index contributed by atoms with van der Waals surface area (Å²) in [5.41, 5.74) is 0. The molecule has 0 bridgehead atoms. The fourth-order valence-electron chi connectivity index (χ4n) is 1.44. The lowest BCUT2D eigenvalue weighted by Crippen LogP contribution is -2.00. The smallest absolute Gasteiger partial charge is 0.308 e. The van der Waals surface area contributed by atoms with Gasteiger partial charge >= 0.3 is 5.97 Å². The highest BCUT2D eigenvalue weighted by atomic mass is 16.5. The Balaban J connectivity index is 2.47. The van der Waals surface area contributed by atoms with E-state index in [0.717, 1.165) is 10.8 Å². The van der Waals surface area contributed by atoms with Gasteiger partial charge in [-0.05, 0) is 35.0 Å². The molecule has 2 rings (SSSR count). The van der Waals surface area contributed by atoms with Crippen LogP contribution in [-0.2, 0) is 4.79 Å². The molecule has 0 aliphatic rings. The van der Waals surface area contributed by atoms with Gasteiger partial charge in [-0.3, -0.25) is 4.79 Å². The van der Waals surface area contributed by atoms with Crippen molar-refractivity contribution in [1.29, 1.82) is 0 Å². The molecule has 2 aromatic carbocycles. The maximum Gasteiger partial charge on any atom is 0.308 e. The zero-order valence-corrected chi connectivity index (χ0v) is 8.23. The number of benzene rings is 2. The first-order valence-corrected chi connectivity index (χ1v) is 4.56. The normalized spacial score (nSPS) is 10.2. The largest absolute Gasteiger partial charge is 0.508 e. The Morgan fingerprint density at radius 1 is 1.13 bits per heavy atom. The zero-order valence-electron chi connectivity index (χ0n) is 8.23. The van der Waals surface area contributed by atoms with Crippen LogP contribution in [0.3, 0.4) is 0 Å². The number of carbonyl (C=O) groups excluding carboxylic acids is 1. The number of rotatable bonds is 1. The predicted octanol–water partition coefficient (Wildman–Crippen LogP) is 2.47. The Bertz CT molecular complexity index is 517. The van der Waals surface area contributed by atoms with Gasteiger partial charge in [0, 0.05) is 6.92 Å². The summed E-state index contributed by atoms with van der Waals surface area (Å²) in [5.74, 6) is 0.400. The Morgan fingerprint density at radius 3 is 2.53 bits per heavy atom. The van der Waals surface area contributed by atoms with Crippen molar-refractivity contribution in [3.63, 3.8) is 0 Å². The van der Waals surface area contributed by atoms with Crippen LogP contribution < -0.4 is 4.74 Å². The molecule has 0 heterocycles. The highest BCUT2D eigenvalue weighted by Gasteiger charge is 2.00. The highest BCUT2D eigenvalue weighted by molar-refractivity contribution is 5.85. The third-order valence-corrected chi connectivity index (χ3v) is 2.06. The third kappa shape index (κ3) is 2.07. The summed E-state index contributed by atoms with van der Waals surface area (Å²) in [4.78, 5) is 10.7. The first-order valence-electron chi connectivity index (χ1n) is 4.56. The summed E-state index contributed by atoms with van der Waals surface area (Å²) < 4.78 is 4.95. The van der Waals surface area contributed by atoms with Crippen LogP contribution in [0.4, 0.5) is 0 Å². The molecule has 1 N–H and O–H groups in total. The van der Waals surface area contributed by atoms with E-state index in [1.165, 1.54) is 6.92 Å². The number of aromatic hydroxyl groups is 1. The van der Waals surface area contributed by atoms with Crippen LogP contribution in [0.1, 0.15) is 6.92 Å². The van der Waals surface area contributed by atoms with Gasteiger partial charge < -0.3 is 9.84 Å². The third-order valence-electron chi connectivity index (χ3n) is 2.06. The molecular weight excluding hydrogens is 192 g/mol. The van der Waals surface area contributed by atoms with Gasteiger partial charge in [-0.1, -0.05) is 12.1 Å². The fraction of sp³-hybridized carbons (Fsp3) is 0.0833. The molecule has 0 spiro atoms. The molecule has 0 radical (unpaired) electrons. The van der Waals surface area contributed by atoms with Crippen molar-refractivity contribution in [1.82, 2.24) is 0 Å². The monoisotopic (exact) mass is 202 g/mol. The van der Waals surface area contributed by atoms with Crippen molar-refractivity contribution in [3.8, 4) is 11.5 Å². The van der Waals surface area contributed by atoms with Crippen molar-refractivity contribution in [2.24, 2.45) is 0 Å². The number of esters is 1. The lowest BCUT2D eigenvalue weighted by molar-refractivity contribution is -0.131. The first kappa shape index (κ1) is 9.52. The summed E-state index contributed by atoms with van der Waals surface area (Å²) in [7, 11) is 0. The Labute approximate surface area is 86.9 Å². The van der Waals surface area contributed by atoms with Crippen molar-refractivity contribution in [2.75, 3.05) is 0 Å². The van der Waals surface area contributed by atoms with Crippen molar-refractivity contribution >= 4 is 16.7 Å². The van der Waals surface area contributed by atoms with Crippen LogP contribution >= 0.6 is 0 Å². The molecule has 0 unspecified atom stereocenters. The SMILES string of the molecule is CC(=O)Oc1ccc2cc(O)ccc2c1. The van der Waals surface area contributed by atoms with Crippen LogP contribution in [0.15, 0.2) is 36.4 Å². The molecule has 0 saturated heterocycles. The molecule has 0 aliphatic heterocycles.